The number of thiophene rings is 1. The predicted molar refractivity (Wildman–Crippen MR) is 80.9 cm³/mol. The lowest BCUT2D eigenvalue weighted by atomic mass is 10.0. The highest BCUT2D eigenvalue weighted by atomic mass is 127. The topological polar surface area (TPSA) is 21.3 Å². The Morgan fingerprint density at radius 2 is 1.94 bits per heavy atom. The highest BCUT2D eigenvalue weighted by Crippen LogP contribution is 2.28. The van der Waals surface area contributed by atoms with Crippen LogP contribution in [0.2, 0.25) is 0 Å². The first-order chi connectivity index (χ1) is 8.24. The molecule has 0 saturated heterocycles. The zero-order chi connectivity index (χ0) is 12.3. The van der Waals surface area contributed by atoms with Gasteiger partial charge in [0.05, 0.1) is 16.0 Å². The highest BCUT2D eigenvalue weighted by Gasteiger charge is 2.13. The van der Waals surface area contributed by atoms with E-state index in [2.05, 4.69) is 51.5 Å². The van der Waals surface area contributed by atoms with Gasteiger partial charge in [-0.3, -0.25) is 0 Å². The lowest BCUT2D eigenvalue weighted by molar-refractivity contribution is 0.414. The fourth-order valence-corrected chi connectivity index (χ4v) is 3.19. The molecule has 0 radical (unpaired) electrons. The summed E-state index contributed by atoms with van der Waals surface area (Å²) >= 11 is 4.12. The second-order valence-corrected chi connectivity index (χ2v) is 6.48. The Kier molecular flexibility index (Phi) is 4.42. The van der Waals surface area contributed by atoms with Crippen LogP contribution in [0.4, 0.5) is 0 Å². The molecule has 0 aliphatic heterocycles. The molecule has 90 valence electrons. The summed E-state index contributed by atoms with van der Waals surface area (Å²) in [6, 6.07) is 10.7. The van der Waals surface area contributed by atoms with E-state index in [0.717, 1.165) is 5.75 Å². The number of halogens is 1. The molecule has 1 aromatic heterocycles. The number of hydrogen-bond donors (Lipinski definition) is 1. The summed E-state index contributed by atoms with van der Waals surface area (Å²) in [5, 5.41) is 5.55. The number of rotatable bonds is 4. The van der Waals surface area contributed by atoms with Gasteiger partial charge in [-0.1, -0.05) is 12.1 Å². The van der Waals surface area contributed by atoms with Gasteiger partial charge in [-0.05, 0) is 64.3 Å². The van der Waals surface area contributed by atoms with Crippen molar-refractivity contribution in [2.24, 2.45) is 0 Å². The zero-order valence-corrected chi connectivity index (χ0v) is 12.7. The molecule has 0 aliphatic rings. The first kappa shape index (κ1) is 12.9. The van der Waals surface area contributed by atoms with E-state index in [0.29, 0.717) is 0 Å². The van der Waals surface area contributed by atoms with Gasteiger partial charge in [0, 0.05) is 0 Å². The number of hydrogen-bond acceptors (Lipinski definition) is 3. The maximum absolute atomic E-state index is 5.17. The van der Waals surface area contributed by atoms with Crippen molar-refractivity contribution in [2.45, 2.75) is 6.04 Å². The Labute approximate surface area is 119 Å². The molecule has 1 aromatic carbocycles. The van der Waals surface area contributed by atoms with Crippen LogP contribution in [0.15, 0.2) is 35.7 Å². The Balaban J connectivity index is 2.28. The molecule has 1 atom stereocenters. The van der Waals surface area contributed by atoms with Gasteiger partial charge in [0.1, 0.15) is 5.75 Å². The van der Waals surface area contributed by atoms with Crippen LogP contribution in [-0.4, -0.2) is 14.2 Å². The molecular weight excluding hydrogens is 345 g/mol. The van der Waals surface area contributed by atoms with Gasteiger partial charge in [-0.25, -0.2) is 0 Å². The van der Waals surface area contributed by atoms with E-state index in [9.17, 15) is 0 Å². The summed E-state index contributed by atoms with van der Waals surface area (Å²) in [6.45, 7) is 0. The van der Waals surface area contributed by atoms with Crippen LogP contribution in [0, 0.1) is 2.88 Å². The minimum Gasteiger partial charge on any atom is -0.497 e. The van der Waals surface area contributed by atoms with E-state index in [4.69, 9.17) is 4.74 Å². The van der Waals surface area contributed by atoms with Crippen LogP contribution < -0.4 is 10.1 Å². The maximum Gasteiger partial charge on any atom is 0.118 e. The van der Waals surface area contributed by atoms with Crippen LogP contribution in [0.25, 0.3) is 0 Å². The van der Waals surface area contributed by atoms with E-state index in [1.807, 2.05) is 19.2 Å². The summed E-state index contributed by atoms with van der Waals surface area (Å²) in [5.41, 5.74) is 2.56. The third-order valence-corrected chi connectivity index (χ3v) is 4.47. The second-order valence-electron chi connectivity index (χ2n) is 3.68. The highest BCUT2D eigenvalue weighted by molar-refractivity contribution is 14.1. The maximum atomic E-state index is 5.17. The molecule has 1 unspecified atom stereocenters. The lowest BCUT2D eigenvalue weighted by Gasteiger charge is -2.15. The van der Waals surface area contributed by atoms with Crippen molar-refractivity contribution in [3.63, 3.8) is 0 Å². The van der Waals surface area contributed by atoms with Gasteiger partial charge in [0.15, 0.2) is 0 Å². The molecule has 0 spiro atoms. The molecule has 2 rings (SSSR count). The fraction of sp³-hybridized carbons (Fsp3) is 0.231. The van der Waals surface area contributed by atoms with E-state index in [1.165, 1.54) is 14.0 Å². The third-order valence-electron chi connectivity index (χ3n) is 2.66. The van der Waals surface area contributed by atoms with Crippen molar-refractivity contribution >= 4 is 33.9 Å². The summed E-state index contributed by atoms with van der Waals surface area (Å²) in [7, 11) is 3.67. The SMILES string of the molecule is CNC(c1ccc(OC)cc1)c1csc(I)c1. The summed E-state index contributed by atoms with van der Waals surface area (Å²) in [6.07, 6.45) is 0. The number of methoxy groups -OCH3 is 1. The molecule has 2 aromatic rings. The van der Waals surface area contributed by atoms with Crippen molar-refractivity contribution in [1.29, 1.82) is 0 Å². The number of benzene rings is 1. The van der Waals surface area contributed by atoms with Crippen molar-refractivity contribution in [2.75, 3.05) is 14.2 Å². The zero-order valence-electron chi connectivity index (χ0n) is 9.74. The first-order valence-electron chi connectivity index (χ1n) is 5.29. The minimum atomic E-state index is 0.251. The molecule has 4 heteroatoms. The normalized spacial score (nSPS) is 12.4. The molecule has 0 fully saturated rings. The lowest BCUT2D eigenvalue weighted by Crippen LogP contribution is -2.16. The summed E-state index contributed by atoms with van der Waals surface area (Å²) in [5.74, 6) is 0.892. The third kappa shape index (κ3) is 3.00. The molecule has 0 saturated carbocycles. The Bertz CT molecular complexity index is 480. The van der Waals surface area contributed by atoms with Crippen LogP contribution >= 0.6 is 33.9 Å². The van der Waals surface area contributed by atoms with Gasteiger partial charge in [0.25, 0.3) is 0 Å². The molecule has 2 nitrogen and oxygen atoms in total. The molecular formula is C13H14INOS. The molecule has 17 heavy (non-hydrogen) atoms. The summed E-state index contributed by atoms with van der Waals surface area (Å²) in [4.78, 5) is 0. The number of nitrogens with one attached hydrogen (secondary N) is 1. The van der Waals surface area contributed by atoms with Crippen LogP contribution in [0.5, 0.6) is 5.75 Å². The summed E-state index contributed by atoms with van der Waals surface area (Å²) < 4.78 is 6.48. The molecule has 0 aliphatic carbocycles. The standard InChI is InChI=1S/C13H14INOS/c1-15-13(10-7-12(14)17-8-10)9-3-5-11(16-2)6-4-9/h3-8,13,15H,1-2H3. The Hall–Kier alpha value is -0.590. The van der Waals surface area contributed by atoms with Gasteiger partial charge >= 0.3 is 0 Å². The van der Waals surface area contributed by atoms with Crippen molar-refractivity contribution in [3.05, 3.63) is 49.7 Å². The largest absolute Gasteiger partial charge is 0.497 e. The molecule has 0 amide bonds. The average Bonchev–Trinajstić information content (AvgIpc) is 2.78. The monoisotopic (exact) mass is 359 g/mol. The van der Waals surface area contributed by atoms with Crippen LogP contribution in [0.3, 0.4) is 0 Å². The van der Waals surface area contributed by atoms with E-state index < -0.39 is 0 Å². The Morgan fingerprint density at radius 3 is 2.41 bits per heavy atom. The van der Waals surface area contributed by atoms with Crippen molar-refractivity contribution in [3.8, 4) is 5.75 Å². The first-order valence-corrected chi connectivity index (χ1v) is 7.25. The van der Waals surface area contributed by atoms with Crippen LogP contribution in [-0.2, 0) is 0 Å². The van der Waals surface area contributed by atoms with Gasteiger partial charge in [-0.15, -0.1) is 11.3 Å². The van der Waals surface area contributed by atoms with E-state index >= 15 is 0 Å². The minimum absolute atomic E-state index is 0.251. The van der Waals surface area contributed by atoms with E-state index in [-0.39, 0.29) is 6.04 Å². The Morgan fingerprint density at radius 1 is 1.24 bits per heavy atom. The van der Waals surface area contributed by atoms with Gasteiger partial charge in [0.2, 0.25) is 0 Å². The van der Waals surface area contributed by atoms with Gasteiger partial charge < -0.3 is 10.1 Å². The van der Waals surface area contributed by atoms with Gasteiger partial charge in [-0.2, -0.15) is 0 Å². The van der Waals surface area contributed by atoms with Crippen LogP contribution in [0.1, 0.15) is 17.2 Å². The quantitative estimate of drug-likeness (QED) is 0.842. The predicted octanol–water partition coefficient (Wildman–Crippen LogP) is 3.67. The van der Waals surface area contributed by atoms with Crippen molar-refractivity contribution in [1.82, 2.24) is 5.32 Å². The second kappa shape index (κ2) is 5.84. The molecule has 1 N–H and O–H groups in total. The fourth-order valence-electron chi connectivity index (χ4n) is 1.80. The molecule has 0 bridgehead atoms. The van der Waals surface area contributed by atoms with Crippen molar-refractivity contribution < 1.29 is 4.74 Å². The average molecular weight is 359 g/mol. The molecule has 1 heterocycles. The smallest absolute Gasteiger partial charge is 0.118 e. The van der Waals surface area contributed by atoms with E-state index in [1.54, 1.807) is 18.4 Å². The number of ether oxygens (including phenoxy) is 1.